The number of rotatable bonds is 1. The van der Waals surface area contributed by atoms with Crippen LogP contribution in [0.3, 0.4) is 0 Å². The lowest BCUT2D eigenvalue weighted by Crippen LogP contribution is -2.59. The van der Waals surface area contributed by atoms with Gasteiger partial charge in [0.1, 0.15) is 0 Å². The average molecular weight is 272 g/mol. The quantitative estimate of drug-likeness (QED) is 0.842. The van der Waals surface area contributed by atoms with Crippen molar-refractivity contribution >= 4 is 0 Å². The number of nitrogens with zero attached hydrogens (tertiary/aromatic N) is 2. The van der Waals surface area contributed by atoms with E-state index in [4.69, 9.17) is 10.00 Å². The van der Waals surface area contributed by atoms with Crippen molar-refractivity contribution in [3.8, 4) is 6.07 Å². The van der Waals surface area contributed by atoms with Gasteiger partial charge in [0, 0.05) is 12.1 Å². The molecule has 2 saturated heterocycles. The number of hydrogen-bond acceptors (Lipinski definition) is 4. The van der Waals surface area contributed by atoms with Gasteiger partial charge < -0.3 is 9.84 Å². The fourth-order valence-corrected chi connectivity index (χ4v) is 3.62. The molecule has 0 aromatic heterocycles. The van der Waals surface area contributed by atoms with Crippen LogP contribution >= 0.6 is 0 Å². The van der Waals surface area contributed by atoms with Crippen LogP contribution in [0.25, 0.3) is 0 Å². The minimum Gasteiger partial charge on any atom is -0.385 e. The van der Waals surface area contributed by atoms with Gasteiger partial charge >= 0.3 is 0 Å². The van der Waals surface area contributed by atoms with E-state index in [9.17, 15) is 5.11 Å². The van der Waals surface area contributed by atoms with Crippen molar-refractivity contribution in [3.63, 3.8) is 0 Å². The van der Waals surface area contributed by atoms with Gasteiger partial charge in [0.15, 0.2) is 0 Å². The molecule has 2 bridgehead atoms. The number of aliphatic hydroxyl groups is 1. The van der Waals surface area contributed by atoms with Crippen LogP contribution in [0.2, 0.25) is 0 Å². The van der Waals surface area contributed by atoms with E-state index in [1.807, 2.05) is 19.1 Å². The van der Waals surface area contributed by atoms with E-state index in [2.05, 4.69) is 18.0 Å². The maximum Gasteiger partial charge on any atom is 0.0991 e. The normalized spacial score (nSPS) is 33.7. The highest BCUT2D eigenvalue weighted by molar-refractivity contribution is 5.40. The summed E-state index contributed by atoms with van der Waals surface area (Å²) in [5, 5.41) is 20.1. The minimum absolute atomic E-state index is 0.266. The van der Waals surface area contributed by atoms with Crippen LogP contribution < -0.4 is 0 Å². The standard InChI is InChI=1S/C16H20N2O2/c1-11-5-12(8-17)3-4-15(11)16(19)6-13-9-20-10-14(7-16)18(13)2/h3-5,13-14,19H,6-7,9-10H2,1-2H3. The molecule has 0 amide bonds. The maximum absolute atomic E-state index is 11.1. The van der Waals surface area contributed by atoms with Crippen molar-refractivity contribution in [1.29, 1.82) is 5.26 Å². The molecule has 4 nitrogen and oxygen atoms in total. The Kier molecular flexibility index (Phi) is 3.29. The van der Waals surface area contributed by atoms with Gasteiger partial charge in [-0.2, -0.15) is 5.26 Å². The van der Waals surface area contributed by atoms with Crippen molar-refractivity contribution in [2.45, 2.75) is 37.5 Å². The zero-order chi connectivity index (χ0) is 14.3. The van der Waals surface area contributed by atoms with Gasteiger partial charge in [-0.3, -0.25) is 4.90 Å². The molecular formula is C16H20N2O2. The first-order valence-electron chi connectivity index (χ1n) is 7.07. The molecule has 0 aliphatic carbocycles. The molecule has 1 N–H and O–H groups in total. The van der Waals surface area contributed by atoms with Crippen LogP contribution in [0, 0.1) is 18.3 Å². The first-order chi connectivity index (χ1) is 9.53. The summed E-state index contributed by atoms with van der Waals surface area (Å²) in [6.07, 6.45) is 1.37. The van der Waals surface area contributed by atoms with Crippen molar-refractivity contribution < 1.29 is 9.84 Å². The lowest BCUT2D eigenvalue weighted by atomic mass is 9.75. The van der Waals surface area contributed by atoms with Gasteiger partial charge in [-0.05, 0) is 50.1 Å². The molecule has 0 saturated carbocycles. The third kappa shape index (κ3) is 2.12. The first kappa shape index (κ1) is 13.6. The van der Waals surface area contributed by atoms with E-state index in [1.165, 1.54) is 0 Å². The molecular weight excluding hydrogens is 252 g/mol. The van der Waals surface area contributed by atoms with Gasteiger partial charge in [-0.25, -0.2) is 0 Å². The Bertz CT molecular complexity index is 550. The second-order valence-electron chi connectivity index (χ2n) is 6.09. The van der Waals surface area contributed by atoms with E-state index in [0.29, 0.717) is 31.6 Å². The summed E-state index contributed by atoms with van der Waals surface area (Å²) in [5.74, 6) is 0. The highest BCUT2D eigenvalue weighted by atomic mass is 16.5. The van der Waals surface area contributed by atoms with Crippen LogP contribution in [-0.4, -0.2) is 42.4 Å². The molecule has 0 spiro atoms. The van der Waals surface area contributed by atoms with Crippen molar-refractivity contribution in [2.75, 3.05) is 20.3 Å². The number of nitriles is 1. The fourth-order valence-electron chi connectivity index (χ4n) is 3.62. The van der Waals surface area contributed by atoms with Crippen molar-refractivity contribution in [1.82, 2.24) is 4.90 Å². The fraction of sp³-hybridized carbons (Fsp3) is 0.562. The molecule has 4 heteroatoms. The van der Waals surface area contributed by atoms with Gasteiger partial charge in [0.2, 0.25) is 0 Å². The van der Waals surface area contributed by atoms with E-state index in [-0.39, 0.29) is 12.1 Å². The number of morpholine rings is 1. The summed E-state index contributed by atoms with van der Waals surface area (Å²) < 4.78 is 5.61. The van der Waals surface area contributed by atoms with Gasteiger partial charge in [0.05, 0.1) is 30.4 Å². The Labute approximate surface area is 119 Å². The minimum atomic E-state index is -0.802. The summed E-state index contributed by atoms with van der Waals surface area (Å²) in [6.45, 7) is 3.34. The third-order valence-electron chi connectivity index (χ3n) is 4.78. The predicted molar refractivity (Wildman–Crippen MR) is 75.2 cm³/mol. The third-order valence-corrected chi connectivity index (χ3v) is 4.78. The number of aryl methyl sites for hydroxylation is 1. The number of likely N-dealkylation sites (N-methyl/N-ethyl adjacent to an activating group) is 1. The highest BCUT2D eigenvalue weighted by Gasteiger charge is 2.45. The Morgan fingerprint density at radius 1 is 1.35 bits per heavy atom. The number of fused-ring (bicyclic) bond motifs is 2. The van der Waals surface area contributed by atoms with Crippen LogP contribution in [0.4, 0.5) is 0 Å². The molecule has 3 rings (SSSR count). The van der Waals surface area contributed by atoms with Gasteiger partial charge in [-0.15, -0.1) is 0 Å². The Hall–Kier alpha value is -1.41. The number of ether oxygens (including phenoxy) is 1. The topological polar surface area (TPSA) is 56.5 Å². The molecule has 2 atom stereocenters. The Balaban J connectivity index is 1.95. The smallest absolute Gasteiger partial charge is 0.0991 e. The second kappa shape index (κ2) is 4.85. The molecule has 106 valence electrons. The van der Waals surface area contributed by atoms with Crippen LogP contribution in [0.1, 0.15) is 29.5 Å². The van der Waals surface area contributed by atoms with Crippen LogP contribution in [-0.2, 0) is 10.3 Å². The Morgan fingerprint density at radius 2 is 2.00 bits per heavy atom. The van der Waals surface area contributed by atoms with Crippen LogP contribution in [0.5, 0.6) is 0 Å². The monoisotopic (exact) mass is 272 g/mol. The zero-order valence-electron chi connectivity index (χ0n) is 12.0. The van der Waals surface area contributed by atoms with E-state index < -0.39 is 5.60 Å². The molecule has 20 heavy (non-hydrogen) atoms. The largest absolute Gasteiger partial charge is 0.385 e. The number of benzene rings is 1. The average Bonchev–Trinajstić information content (AvgIpc) is 2.40. The van der Waals surface area contributed by atoms with E-state index in [1.54, 1.807) is 6.07 Å². The van der Waals surface area contributed by atoms with E-state index in [0.717, 1.165) is 11.1 Å². The molecule has 1 aromatic rings. The van der Waals surface area contributed by atoms with E-state index >= 15 is 0 Å². The molecule has 2 heterocycles. The van der Waals surface area contributed by atoms with Gasteiger partial charge in [0.25, 0.3) is 0 Å². The molecule has 1 aromatic carbocycles. The molecule has 2 aliphatic rings. The lowest BCUT2D eigenvalue weighted by molar-refractivity contribution is -0.138. The summed E-state index contributed by atoms with van der Waals surface area (Å²) in [5.41, 5.74) is 1.80. The molecule has 0 radical (unpaired) electrons. The summed E-state index contributed by atoms with van der Waals surface area (Å²) in [4.78, 5) is 2.33. The molecule has 2 fully saturated rings. The van der Waals surface area contributed by atoms with Crippen molar-refractivity contribution in [2.24, 2.45) is 0 Å². The van der Waals surface area contributed by atoms with Gasteiger partial charge in [-0.1, -0.05) is 6.07 Å². The number of piperidine rings is 1. The summed E-state index contributed by atoms with van der Waals surface area (Å²) in [6, 6.07) is 8.25. The SMILES string of the molecule is Cc1cc(C#N)ccc1C1(O)CC2COCC(C1)N2C. The maximum atomic E-state index is 11.1. The number of hydrogen-bond donors (Lipinski definition) is 1. The van der Waals surface area contributed by atoms with Crippen LogP contribution in [0.15, 0.2) is 18.2 Å². The second-order valence-corrected chi connectivity index (χ2v) is 6.09. The summed E-state index contributed by atoms with van der Waals surface area (Å²) >= 11 is 0. The summed E-state index contributed by atoms with van der Waals surface area (Å²) in [7, 11) is 2.11. The molecule has 2 aliphatic heterocycles. The lowest BCUT2D eigenvalue weighted by Gasteiger charge is -2.50. The highest BCUT2D eigenvalue weighted by Crippen LogP contribution is 2.41. The van der Waals surface area contributed by atoms with Crippen molar-refractivity contribution in [3.05, 3.63) is 34.9 Å². The zero-order valence-corrected chi connectivity index (χ0v) is 12.0. The first-order valence-corrected chi connectivity index (χ1v) is 7.07. The predicted octanol–water partition coefficient (Wildman–Crippen LogP) is 1.55. The molecule has 2 unspecified atom stereocenters. The Morgan fingerprint density at radius 3 is 2.55 bits per heavy atom.